The number of carbonyl (C=O) groups excluding carboxylic acids is 2. The van der Waals surface area contributed by atoms with Crippen LogP contribution >= 0.6 is 0 Å². The normalized spacial score (nSPS) is 18.9. The van der Waals surface area contributed by atoms with Crippen LogP contribution in [0, 0.1) is 5.92 Å². The SMILES string of the molecule is O=C(O)COCCNC(=O)[C@H]1CCC[C@H]1NC(=O)OCC1c2ccccc2-c2ccccc21. The number of carboxylic acid groups (broad SMARTS) is 1. The molecule has 2 aliphatic rings. The molecule has 0 radical (unpaired) electrons. The maximum absolute atomic E-state index is 12.6. The summed E-state index contributed by atoms with van der Waals surface area (Å²) in [5.74, 6) is -1.58. The molecule has 0 aromatic heterocycles. The highest BCUT2D eigenvalue weighted by Gasteiger charge is 2.35. The molecule has 0 saturated heterocycles. The van der Waals surface area contributed by atoms with E-state index in [0.29, 0.717) is 12.8 Å². The molecule has 8 heteroatoms. The summed E-state index contributed by atoms with van der Waals surface area (Å²) in [7, 11) is 0. The van der Waals surface area contributed by atoms with Crippen LogP contribution < -0.4 is 10.6 Å². The summed E-state index contributed by atoms with van der Waals surface area (Å²) in [4.78, 5) is 35.5. The van der Waals surface area contributed by atoms with Crippen LogP contribution in [0.25, 0.3) is 11.1 Å². The lowest BCUT2D eigenvalue weighted by molar-refractivity contribution is -0.142. The Balaban J connectivity index is 1.28. The first kappa shape index (κ1) is 22.8. The number of hydrogen-bond donors (Lipinski definition) is 3. The van der Waals surface area contributed by atoms with Crippen LogP contribution in [-0.2, 0) is 19.1 Å². The number of carboxylic acids is 1. The zero-order valence-electron chi connectivity index (χ0n) is 18.3. The molecule has 0 aliphatic heterocycles. The third-order valence-corrected chi connectivity index (χ3v) is 6.27. The summed E-state index contributed by atoms with van der Waals surface area (Å²) in [6.45, 7) is 0.172. The molecule has 2 aliphatic carbocycles. The van der Waals surface area contributed by atoms with Gasteiger partial charge in [0.25, 0.3) is 0 Å². The van der Waals surface area contributed by atoms with Gasteiger partial charge in [0.05, 0.1) is 12.5 Å². The van der Waals surface area contributed by atoms with Crippen molar-refractivity contribution in [2.75, 3.05) is 26.4 Å². The summed E-state index contributed by atoms with van der Waals surface area (Å²) in [5, 5.41) is 14.2. The molecule has 1 saturated carbocycles. The van der Waals surface area contributed by atoms with Gasteiger partial charge in [-0.15, -0.1) is 0 Å². The molecule has 2 atom stereocenters. The number of carbonyl (C=O) groups is 3. The summed E-state index contributed by atoms with van der Waals surface area (Å²) in [6, 6.07) is 16.0. The van der Waals surface area contributed by atoms with Crippen molar-refractivity contribution < 1.29 is 29.0 Å². The smallest absolute Gasteiger partial charge is 0.407 e. The average molecular weight is 453 g/mol. The minimum Gasteiger partial charge on any atom is -0.480 e. The summed E-state index contributed by atoms with van der Waals surface area (Å²) in [5.41, 5.74) is 4.63. The number of nitrogens with one attached hydrogen (secondary N) is 2. The Kier molecular flexibility index (Phi) is 7.24. The van der Waals surface area contributed by atoms with Crippen molar-refractivity contribution in [3.63, 3.8) is 0 Å². The number of benzene rings is 2. The van der Waals surface area contributed by atoms with E-state index in [2.05, 4.69) is 34.9 Å². The molecule has 2 aromatic carbocycles. The van der Waals surface area contributed by atoms with Gasteiger partial charge in [-0.1, -0.05) is 55.0 Å². The van der Waals surface area contributed by atoms with Crippen molar-refractivity contribution in [3.05, 3.63) is 59.7 Å². The fourth-order valence-corrected chi connectivity index (χ4v) is 4.78. The third kappa shape index (κ3) is 5.34. The van der Waals surface area contributed by atoms with Gasteiger partial charge in [-0.3, -0.25) is 4.79 Å². The zero-order valence-corrected chi connectivity index (χ0v) is 18.3. The van der Waals surface area contributed by atoms with Gasteiger partial charge in [-0.05, 0) is 35.1 Å². The predicted molar refractivity (Wildman–Crippen MR) is 121 cm³/mol. The van der Waals surface area contributed by atoms with Crippen LogP contribution in [0.5, 0.6) is 0 Å². The van der Waals surface area contributed by atoms with E-state index in [4.69, 9.17) is 14.6 Å². The van der Waals surface area contributed by atoms with E-state index < -0.39 is 18.7 Å². The lowest BCUT2D eigenvalue weighted by atomic mass is 9.98. The summed E-state index contributed by atoms with van der Waals surface area (Å²) in [6.07, 6.45) is 1.70. The quantitative estimate of drug-likeness (QED) is 0.504. The molecule has 3 N–H and O–H groups in total. The summed E-state index contributed by atoms with van der Waals surface area (Å²) < 4.78 is 10.5. The predicted octanol–water partition coefficient (Wildman–Crippen LogP) is 2.91. The van der Waals surface area contributed by atoms with Gasteiger partial charge in [0, 0.05) is 18.5 Å². The Bertz CT molecular complexity index is 978. The van der Waals surface area contributed by atoms with E-state index in [-0.39, 0.29) is 43.5 Å². The maximum Gasteiger partial charge on any atom is 0.407 e. The fourth-order valence-electron chi connectivity index (χ4n) is 4.78. The van der Waals surface area contributed by atoms with Crippen molar-refractivity contribution in [1.29, 1.82) is 0 Å². The van der Waals surface area contributed by atoms with Crippen LogP contribution in [0.15, 0.2) is 48.5 Å². The van der Waals surface area contributed by atoms with Gasteiger partial charge in [-0.2, -0.15) is 0 Å². The Morgan fingerprint density at radius 3 is 2.30 bits per heavy atom. The molecule has 0 unspecified atom stereocenters. The highest BCUT2D eigenvalue weighted by Crippen LogP contribution is 2.44. The molecule has 0 spiro atoms. The highest BCUT2D eigenvalue weighted by atomic mass is 16.5. The fraction of sp³-hybridized carbons (Fsp3) is 0.400. The van der Waals surface area contributed by atoms with Crippen molar-refractivity contribution in [1.82, 2.24) is 10.6 Å². The molecular weight excluding hydrogens is 424 g/mol. The zero-order chi connectivity index (χ0) is 23.2. The lowest BCUT2D eigenvalue weighted by Gasteiger charge is -2.21. The van der Waals surface area contributed by atoms with E-state index in [1.54, 1.807) is 0 Å². The molecule has 33 heavy (non-hydrogen) atoms. The number of aliphatic carboxylic acids is 1. The first-order chi connectivity index (χ1) is 16.0. The van der Waals surface area contributed by atoms with Crippen LogP contribution in [0.4, 0.5) is 4.79 Å². The molecule has 1 fully saturated rings. The Morgan fingerprint density at radius 2 is 1.64 bits per heavy atom. The highest BCUT2D eigenvalue weighted by molar-refractivity contribution is 5.81. The summed E-state index contributed by atoms with van der Waals surface area (Å²) >= 11 is 0. The molecule has 0 heterocycles. The third-order valence-electron chi connectivity index (χ3n) is 6.27. The number of amides is 2. The van der Waals surface area contributed by atoms with Gasteiger partial charge >= 0.3 is 12.1 Å². The second kappa shape index (κ2) is 10.5. The van der Waals surface area contributed by atoms with Gasteiger partial charge in [0.1, 0.15) is 13.2 Å². The Labute approximate surface area is 192 Å². The van der Waals surface area contributed by atoms with Crippen LogP contribution in [0.2, 0.25) is 0 Å². The second-order valence-corrected chi connectivity index (χ2v) is 8.35. The number of alkyl carbamates (subject to hydrolysis) is 1. The van der Waals surface area contributed by atoms with Crippen LogP contribution in [0.3, 0.4) is 0 Å². The monoisotopic (exact) mass is 452 g/mol. The van der Waals surface area contributed by atoms with E-state index in [1.165, 1.54) is 11.1 Å². The van der Waals surface area contributed by atoms with E-state index in [1.807, 2.05) is 24.3 Å². The minimum atomic E-state index is -1.05. The number of fused-ring (bicyclic) bond motifs is 3. The van der Waals surface area contributed by atoms with Gasteiger partial charge in [0.2, 0.25) is 5.91 Å². The largest absolute Gasteiger partial charge is 0.480 e. The Hall–Kier alpha value is -3.39. The topological polar surface area (TPSA) is 114 Å². The first-order valence-electron chi connectivity index (χ1n) is 11.2. The molecule has 174 valence electrons. The second-order valence-electron chi connectivity index (χ2n) is 8.35. The molecular formula is C25H28N2O6. The van der Waals surface area contributed by atoms with E-state index in [0.717, 1.165) is 17.5 Å². The molecule has 4 rings (SSSR count). The molecule has 2 aromatic rings. The van der Waals surface area contributed by atoms with Crippen molar-refractivity contribution >= 4 is 18.0 Å². The van der Waals surface area contributed by atoms with Crippen LogP contribution in [-0.4, -0.2) is 55.5 Å². The Morgan fingerprint density at radius 1 is 0.970 bits per heavy atom. The van der Waals surface area contributed by atoms with Gasteiger partial charge in [-0.25, -0.2) is 9.59 Å². The van der Waals surface area contributed by atoms with E-state index >= 15 is 0 Å². The molecule has 0 bridgehead atoms. The molecule has 2 amide bonds. The first-order valence-corrected chi connectivity index (χ1v) is 11.2. The van der Waals surface area contributed by atoms with Gasteiger partial charge in [0.15, 0.2) is 0 Å². The number of rotatable bonds is 9. The van der Waals surface area contributed by atoms with E-state index in [9.17, 15) is 14.4 Å². The van der Waals surface area contributed by atoms with Crippen molar-refractivity contribution in [3.8, 4) is 11.1 Å². The van der Waals surface area contributed by atoms with Crippen molar-refractivity contribution in [2.24, 2.45) is 5.92 Å². The maximum atomic E-state index is 12.6. The number of ether oxygens (including phenoxy) is 2. The van der Waals surface area contributed by atoms with Crippen molar-refractivity contribution in [2.45, 2.75) is 31.2 Å². The number of hydrogen-bond acceptors (Lipinski definition) is 5. The molecule has 8 nitrogen and oxygen atoms in total. The standard InChI is InChI=1S/C25H28N2O6/c28-23(29)15-32-13-12-26-24(30)20-10-5-11-22(20)27-25(31)33-14-21-18-8-3-1-6-16(18)17-7-2-4-9-19(17)21/h1-4,6-9,20-22H,5,10-15H2,(H,26,30)(H,27,31)(H,28,29)/t20-,22+/m0/s1. The minimum absolute atomic E-state index is 0.0170. The lowest BCUT2D eigenvalue weighted by Crippen LogP contribution is -2.45. The van der Waals surface area contributed by atoms with Gasteiger partial charge < -0.3 is 25.2 Å². The van der Waals surface area contributed by atoms with Crippen LogP contribution in [0.1, 0.15) is 36.3 Å². The average Bonchev–Trinajstić information content (AvgIpc) is 3.39.